The molecule has 2 aromatic rings. The summed E-state index contributed by atoms with van der Waals surface area (Å²) in [6.07, 6.45) is 1.66. The lowest BCUT2D eigenvalue weighted by Crippen LogP contribution is -2.43. The second-order valence-electron chi connectivity index (χ2n) is 6.81. The van der Waals surface area contributed by atoms with E-state index in [9.17, 15) is 4.79 Å². The molecule has 26 heavy (non-hydrogen) atoms. The van der Waals surface area contributed by atoms with Crippen LogP contribution in [0.25, 0.3) is 0 Å². The van der Waals surface area contributed by atoms with E-state index in [0.29, 0.717) is 12.3 Å². The van der Waals surface area contributed by atoms with Gasteiger partial charge < -0.3 is 14.4 Å². The number of hydrogen-bond acceptors (Lipinski definition) is 3. The highest BCUT2D eigenvalue weighted by atomic mass is 16.5. The molecule has 1 aliphatic rings. The molecule has 4 nitrogen and oxygen atoms in total. The zero-order valence-electron chi connectivity index (χ0n) is 16.0. The van der Waals surface area contributed by atoms with E-state index in [2.05, 4.69) is 25.1 Å². The molecule has 0 fully saturated rings. The van der Waals surface area contributed by atoms with Crippen LogP contribution in [0.1, 0.15) is 43.0 Å². The van der Waals surface area contributed by atoms with E-state index in [1.807, 2.05) is 36.1 Å². The molecule has 0 spiro atoms. The number of nitrogens with zero attached hydrogens (tertiary/aromatic N) is 1. The van der Waals surface area contributed by atoms with Crippen molar-refractivity contribution >= 4 is 5.91 Å². The van der Waals surface area contributed by atoms with Crippen LogP contribution in [0.3, 0.4) is 0 Å². The van der Waals surface area contributed by atoms with Gasteiger partial charge in [0.2, 0.25) is 5.91 Å². The van der Waals surface area contributed by atoms with Crippen LogP contribution in [0.5, 0.6) is 11.5 Å². The molecule has 4 heteroatoms. The molecule has 0 N–H and O–H groups in total. The monoisotopic (exact) mass is 353 g/mol. The van der Waals surface area contributed by atoms with Crippen molar-refractivity contribution in [3.63, 3.8) is 0 Å². The average molecular weight is 353 g/mol. The molecule has 3 rings (SSSR count). The lowest BCUT2D eigenvalue weighted by Gasteiger charge is -2.39. The Morgan fingerprint density at radius 2 is 1.81 bits per heavy atom. The van der Waals surface area contributed by atoms with E-state index < -0.39 is 0 Å². The van der Waals surface area contributed by atoms with E-state index in [1.165, 1.54) is 5.56 Å². The molecular weight excluding hydrogens is 326 g/mol. The van der Waals surface area contributed by atoms with Crippen molar-refractivity contribution in [2.45, 2.75) is 32.7 Å². The third-order valence-corrected chi connectivity index (χ3v) is 5.31. The number of methoxy groups -OCH3 is 2. The molecule has 0 bridgehead atoms. The van der Waals surface area contributed by atoms with Gasteiger partial charge in [0, 0.05) is 12.5 Å². The van der Waals surface area contributed by atoms with Crippen LogP contribution in [-0.4, -0.2) is 31.6 Å². The molecule has 0 radical (unpaired) electrons. The summed E-state index contributed by atoms with van der Waals surface area (Å²) in [5.41, 5.74) is 3.46. The van der Waals surface area contributed by atoms with Gasteiger partial charge >= 0.3 is 0 Å². The summed E-state index contributed by atoms with van der Waals surface area (Å²) in [6.45, 7) is 4.78. The first-order valence-electron chi connectivity index (χ1n) is 9.20. The van der Waals surface area contributed by atoms with Crippen LogP contribution in [-0.2, 0) is 11.2 Å². The number of fused-ring (bicyclic) bond motifs is 1. The average Bonchev–Trinajstić information content (AvgIpc) is 2.71. The van der Waals surface area contributed by atoms with Gasteiger partial charge in [-0.3, -0.25) is 4.79 Å². The molecule has 1 aliphatic heterocycles. The summed E-state index contributed by atoms with van der Waals surface area (Å²) >= 11 is 0. The number of carbonyl (C=O) groups excluding carboxylic acids is 1. The highest BCUT2D eigenvalue weighted by molar-refractivity contribution is 5.80. The zero-order chi connectivity index (χ0) is 18.7. The van der Waals surface area contributed by atoms with Crippen LogP contribution in [0.2, 0.25) is 0 Å². The van der Waals surface area contributed by atoms with Crippen molar-refractivity contribution < 1.29 is 14.3 Å². The van der Waals surface area contributed by atoms with Crippen molar-refractivity contribution in [1.29, 1.82) is 0 Å². The Hall–Kier alpha value is -2.49. The van der Waals surface area contributed by atoms with Gasteiger partial charge in [-0.15, -0.1) is 0 Å². The Morgan fingerprint density at radius 1 is 1.15 bits per heavy atom. The van der Waals surface area contributed by atoms with Gasteiger partial charge in [-0.25, -0.2) is 0 Å². The molecule has 1 amide bonds. The van der Waals surface area contributed by atoms with Crippen molar-refractivity contribution in [1.82, 2.24) is 4.90 Å². The summed E-state index contributed by atoms with van der Waals surface area (Å²) in [5.74, 6) is 1.66. The minimum atomic E-state index is -0.0961. The number of rotatable bonds is 5. The van der Waals surface area contributed by atoms with Gasteiger partial charge in [0.25, 0.3) is 0 Å². The fourth-order valence-corrected chi connectivity index (χ4v) is 3.64. The zero-order valence-corrected chi connectivity index (χ0v) is 16.0. The van der Waals surface area contributed by atoms with Gasteiger partial charge in [-0.1, -0.05) is 44.2 Å². The Labute approximate surface area is 155 Å². The third kappa shape index (κ3) is 3.28. The maximum Gasteiger partial charge on any atom is 0.226 e. The van der Waals surface area contributed by atoms with Gasteiger partial charge in [0.15, 0.2) is 11.5 Å². The molecule has 0 aromatic heterocycles. The Bertz CT molecular complexity index is 772. The normalized spacial score (nSPS) is 17.4. The maximum absolute atomic E-state index is 13.1. The van der Waals surface area contributed by atoms with Gasteiger partial charge in [0.1, 0.15) is 0 Å². The van der Waals surface area contributed by atoms with Crippen LogP contribution < -0.4 is 9.47 Å². The SMILES string of the molecule is CC[C@@H](C)C(=O)N1CCc2cc(OC)c(OC)cc2[C@H]1c1ccccc1. The molecule has 0 saturated heterocycles. The van der Waals surface area contributed by atoms with E-state index >= 15 is 0 Å². The van der Waals surface area contributed by atoms with Crippen molar-refractivity contribution in [3.05, 3.63) is 59.2 Å². The van der Waals surface area contributed by atoms with Crippen LogP contribution in [0.4, 0.5) is 0 Å². The number of hydrogen-bond donors (Lipinski definition) is 0. The highest BCUT2D eigenvalue weighted by Crippen LogP contribution is 2.41. The number of carbonyl (C=O) groups is 1. The van der Waals surface area contributed by atoms with E-state index in [-0.39, 0.29) is 17.9 Å². The summed E-state index contributed by atoms with van der Waals surface area (Å²) < 4.78 is 11.0. The quantitative estimate of drug-likeness (QED) is 0.808. The predicted octanol–water partition coefficient (Wildman–Crippen LogP) is 4.22. The third-order valence-electron chi connectivity index (χ3n) is 5.31. The highest BCUT2D eigenvalue weighted by Gasteiger charge is 2.34. The Kier molecular flexibility index (Phi) is 5.50. The first kappa shape index (κ1) is 18.3. The minimum absolute atomic E-state index is 0.0166. The largest absolute Gasteiger partial charge is 0.493 e. The van der Waals surface area contributed by atoms with Crippen LogP contribution in [0, 0.1) is 5.92 Å². The lowest BCUT2D eigenvalue weighted by molar-refractivity contribution is -0.137. The molecule has 2 atom stereocenters. The fourth-order valence-electron chi connectivity index (χ4n) is 3.64. The summed E-state index contributed by atoms with van der Waals surface area (Å²) in [7, 11) is 3.30. The molecule has 138 valence electrons. The Balaban J connectivity index is 2.13. The van der Waals surface area contributed by atoms with E-state index in [0.717, 1.165) is 29.7 Å². The number of amides is 1. The molecule has 0 saturated carbocycles. The second kappa shape index (κ2) is 7.81. The number of benzene rings is 2. The van der Waals surface area contributed by atoms with Crippen molar-refractivity contribution in [2.75, 3.05) is 20.8 Å². The maximum atomic E-state index is 13.1. The summed E-state index contributed by atoms with van der Waals surface area (Å²) in [4.78, 5) is 15.1. The van der Waals surface area contributed by atoms with Crippen LogP contribution in [0.15, 0.2) is 42.5 Å². The minimum Gasteiger partial charge on any atom is -0.493 e. The van der Waals surface area contributed by atoms with E-state index in [1.54, 1.807) is 14.2 Å². The summed E-state index contributed by atoms with van der Waals surface area (Å²) in [6, 6.07) is 14.2. The summed E-state index contributed by atoms with van der Waals surface area (Å²) in [5, 5.41) is 0. The molecule has 2 aromatic carbocycles. The van der Waals surface area contributed by atoms with Gasteiger partial charge in [-0.2, -0.15) is 0 Å². The predicted molar refractivity (Wildman–Crippen MR) is 103 cm³/mol. The van der Waals surface area contributed by atoms with Crippen molar-refractivity contribution in [3.8, 4) is 11.5 Å². The molecule has 0 unspecified atom stereocenters. The first-order valence-corrected chi connectivity index (χ1v) is 9.20. The molecule has 0 aliphatic carbocycles. The van der Waals surface area contributed by atoms with Gasteiger partial charge in [0.05, 0.1) is 20.3 Å². The van der Waals surface area contributed by atoms with Crippen molar-refractivity contribution in [2.24, 2.45) is 5.92 Å². The number of ether oxygens (including phenoxy) is 2. The smallest absolute Gasteiger partial charge is 0.226 e. The lowest BCUT2D eigenvalue weighted by atomic mass is 9.86. The molecule has 1 heterocycles. The van der Waals surface area contributed by atoms with E-state index in [4.69, 9.17) is 9.47 Å². The second-order valence-corrected chi connectivity index (χ2v) is 6.81. The van der Waals surface area contributed by atoms with Gasteiger partial charge in [-0.05, 0) is 41.7 Å². The molecular formula is C22H27NO3. The van der Waals surface area contributed by atoms with Crippen LogP contribution >= 0.6 is 0 Å². The fraction of sp³-hybridized carbons (Fsp3) is 0.409. The Morgan fingerprint density at radius 3 is 2.42 bits per heavy atom. The standard InChI is InChI=1S/C22H27NO3/c1-5-15(2)22(24)23-12-11-17-13-19(25-3)20(26-4)14-18(17)21(23)16-9-7-6-8-10-16/h6-10,13-15,21H,5,11-12H2,1-4H3/t15-,21-/m1/s1. The topological polar surface area (TPSA) is 38.8 Å². The first-order chi connectivity index (χ1) is 12.6.